The molecule has 2 aliphatic rings. The molecule has 1 amide bonds. The Kier molecular flexibility index (Phi) is 4.65. The first-order valence-electron chi connectivity index (χ1n) is 10.1. The number of fused-ring (bicyclic) bond motifs is 3. The molecule has 0 saturated carbocycles. The number of anilines is 1. The van der Waals surface area contributed by atoms with Crippen LogP contribution < -0.4 is 5.32 Å². The minimum atomic E-state index is -0.106. The number of carbonyl (C=O) groups is 1. The van der Waals surface area contributed by atoms with Gasteiger partial charge in [-0.15, -0.1) is 11.3 Å². The van der Waals surface area contributed by atoms with Crippen molar-refractivity contribution >= 4 is 22.2 Å². The molecule has 0 saturated heterocycles. The highest BCUT2D eigenvalue weighted by atomic mass is 32.1. The van der Waals surface area contributed by atoms with Crippen LogP contribution in [0.15, 0.2) is 60.7 Å². The first-order valence-corrected chi connectivity index (χ1v) is 10.9. The summed E-state index contributed by atoms with van der Waals surface area (Å²) in [6, 6.07) is 20.8. The zero-order valence-corrected chi connectivity index (χ0v) is 16.7. The van der Waals surface area contributed by atoms with Crippen LogP contribution in [0.1, 0.15) is 50.9 Å². The second-order valence-electron chi connectivity index (χ2n) is 7.61. The number of aryl methyl sites for hydroxylation is 1. The van der Waals surface area contributed by atoms with Crippen LogP contribution in [0.3, 0.4) is 0 Å². The summed E-state index contributed by atoms with van der Waals surface area (Å²) in [7, 11) is 0. The quantitative estimate of drug-likeness (QED) is 0.646. The van der Waals surface area contributed by atoms with Crippen LogP contribution >= 0.6 is 11.3 Å². The summed E-state index contributed by atoms with van der Waals surface area (Å²) in [5, 5.41) is 4.78. The summed E-state index contributed by atoms with van der Waals surface area (Å²) in [6.07, 6.45) is 5.33. The maximum absolute atomic E-state index is 13.6. The molecule has 0 radical (unpaired) electrons. The van der Waals surface area contributed by atoms with E-state index < -0.39 is 0 Å². The Morgan fingerprint density at radius 2 is 1.68 bits per heavy atom. The predicted octanol–water partition coefficient (Wildman–Crippen LogP) is 5.44. The number of hydrogen-bond acceptors (Lipinski definition) is 3. The number of rotatable bonds is 4. The largest absolute Gasteiger partial charge is 0.352 e. The van der Waals surface area contributed by atoms with Crippen molar-refractivity contribution in [1.29, 1.82) is 0 Å². The average molecular weight is 389 g/mol. The molecule has 0 spiro atoms. The Labute approximate surface area is 170 Å². The van der Waals surface area contributed by atoms with Crippen LogP contribution in [0.5, 0.6) is 0 Å². The summed E-state index contributed by atoms with van der Waals surface area (Å²) in [5.74, 6) is 0.193. The smallest absolute Gasteiger partial charge is 0.259 e. The zero-order chi connectivity index (χ0) is 18.9. The summed E-state index contributed by atoms with van der Waals surface area (Å²) in [6.45, 7) is 0.708. The Bertz CT molecular complexity index is 981. The lowest BCUT2D eigenvalue weighted by Gasteiger charge is -2.37. The fraction of sp³-hybridized carbons (Fsp3) is 0.292. The van der Waals surface area contributed by atoms with Crippen molar-refractivity contribution in [2.45, 2.75) is 38.3 Å². The highest BCUT2D eigenvalue weighted by Gasteiger charge is 2.37. The van der Waals surface area contributed by atoms with Gasteiger partial charge in [0.15, 0.2) is 0 Å². The van der Waals surface area contributed by atoms with Gasteiger partial charge in [-0.1, -0.05) is 60.7 Å². The molecule has 1 N–H and O–H groups in total. The fourth-order valence-electron chi connectivity index (χ4n) is 4.38. The number of carbonyl (C=O) groups excluding carboxylic acids is 1. The Morgan fingerprint density at radius 3 is 2.46 bits per heavy atom. The molecule has 0 unspecified atom stereocenters. The van der Waals surface area contributed by atoms with Crippen LogP contribution in [0, 0.1) is 0 Å². The summed E-state index contributed by atoms with van der Waals surface area (Å²) < 4.78 is 0. The van der Waals surface area contributed by atoms with E-state index in [9.17, 15) is 4.79 Å². The van der Waals surface area contributed by atoms with Crippen molar-refractivity contribution in [2.24, 2.45) is 0 Å². The molecule has 1 aliphatic carbocycles. The lowest BCUT2D eigenvalue weighted by molar-refractivity contribution is 0.0685. The van der Waals surface area contributed by atoms with Crippen LogP contribution in [0.2, 0.25) is 0 Å². The molecule has 2 aromatic carbocycles. The topological polar surface area (TPSA) is 32.3 Å². The lowest BCUT2D eigenvalue weighted by atomic mass is 9.93. The molecule has 4 heteroatoms. The van der Waals surface area contributed by atoms with E-state index >= 15 is 0 Å². The van der Waals surface area contributed by atoms with Crippen molar-refractivity contribution in [3.8, 4) is 0 Å². The molecule has 1 aliphatic heterocycles. The minimum absolute atomic E-state index is 0.106. The van der Waals surface area contributed by atoms with Gasteiger partial charge in [0.25, 0.3) is 5.91 Å². The third-order valence-electron chi connectivity index (χ3n) is 5.83. The average Bonchev–Trinajstić information content (AvgIpc) is 3.13. The van der Waals surface area contributed by atoms with Crippen LogP contribution in [0.25, 0.3) is 0 Å². The lowest BCUT2D eigenvalue weighted by Crippen LogP contribution is -2.43. The van der Waals surface area contributed by atoms with E-state index in [1.165, 1.54) is 28.8 Å². The Hall–Kier alpha value is -2.59. The number of nitrogens with zero attached hydrogens (tertiary/aromatic N) is 1. The maximum atomic E-state index is 13.6. The second kappa shape index (κ2) is 7.44. The van der Waals surface area contributed by atoms with Gasteiger partial charge in [0.1, 0.15) is 11.2 Å². The number of thiophene rings is 1. The highest BCUT2D eigenvalue weighted by Crippen LogP contribution is 2.44. The first kappa shape index (κ1) is 17.5. The number of amides is 1. The monoisotopic (exact) mass is 388 g/mol. The van der Waals surface area contributed by atoms with Crippen molar-refractivity contribution < 1.29 is 4.79 Å². The fourth-order valence-corrected chi connectivity index (χ4v) is 5.68. The normalized spacial score (nSPS) is 18.4. The van der Waals surface area contributed by atoms with E-state index in [-0.39, 0.29) is 12.1 Å². The van der Waals surface area contributed by atoms with Crippen molar-refractivity contribution in [3.05, 3.63) is 87.8 Å². The molecule has 0 fully saturated rings. The molecule has 1 aromatic heterocycles. The third-order valence-corrected chi connectivity index (χ3v) is 7.05. The van der Waals surface area contributed by atoms with Crippen molar-refractivity contribution in [1.82, 2.24) is 4.90 Å². The second-order valence-corrected chi connectivity index (χ2v) is 8.71. The van der Waals surface area contributed by atoms with Gasteiger partial charge in [-0.2, -0.15) is 0 Å². The van der Waals surface area contributed by atoms with Gasteiger partial charge in [0.2, 0.25) is 0 Å². The van der Waals surface area contributed by atoms with Gasteiger partial charge in [0.05, 0.1) is 5.56 Å². The summed E-state index contributed by atoms with van der Waals surface area (Å²) in [4.78, 5) is 17.1. The molecule has 142 valence electrons. The van der Waals surface area contributed by atoms with E-state index in [0.29, 0.717) is 6.54 Å². The predicted molar refractivity (Wildman–Crippen MR) is 115 cm³/mol. The van der Waals surface area contributed by atoms with E-state index in [4.69, 9.17) is 0 Å². The van der Waals surface area contributed by atoms with Gasteiger partial charge in [-0.25, -0.2) is 0 Å². The summed E-state index contributed by atoms with van der Waals surface area (Å²) >= 11 is 1.80. The maximum Gasteiger partial charge on any atom is 0.259 e. The third kappa shape index (κ3) is 3.12. The standard InChI is InChI=1S/C24H24N2OS/c27-24-21-19-13-7-8-14-20(19)28-23(21)25-22(18-11-5-2-6-12-18)26(24)16-15-17-9-3-1-4-10-17/h1-6,9-12,22,25H,7-8,13-16H2/t22-/m1/s1. The van der Waals surface area contributed by atoms with Crippen LogP contribution in [0.4, 0.5) is 5.00 Å². The van der Waals surface area contributed by atoms with Gasteiger partial charge in [0, 0.05) is 11.4 Å². The molecule has 2 heterocycles. The molecular weight excluding hydrogens is 364 g/mol. The molecule has 1 atom stereocenters. The van der Waals surface area contributed by atoms with E-state index in [2.05, 4.69) is 41.7 Å². The SMILES string of the molecule is O=C1c2c(sc3c2CCCC3)N[C@@H](c2ccccc2)N1CCc1ccccc1. The first-order chi connectivity index (χ1) is 13.8. The van der Waals surface area contributed by atoms with E-state index in [1.54, 1.807) is 11.3 Å². The number of benzene rings is 2. The van der Waals surface area contributed by atoms with Crippen LogP contribution in [-0.4, -0.2) is 17.4 Å². The summed E-state index contributed by atoms with van der Waals surface area (Å²) in [5.41, 5.74) is 4.65. The van der Waals surface area contributed by atoms with E-state index in [0.717, 1.165) is 35.4 Å². The molecular formula is C24H24N2OS. The van der Waals surface area contributed by atoms with Gasteiger partial charge >= 0.3 is 0 Å². The zero-order valence-electron chi connectivity index (χ0n) is 15.9. The Morgan fingerprint density at radius 1 is 0.964 bits per heavy atom. The number of hydrogen-bond donors (Lipinski definition) is 1. The van der Waals surface area contributed by atoms with Crippen molar-refractivity contribution in [3.63, 3.8) is 0 Å². The molecule has 3 nitrogen and oxygen atoms in total. The van der Waals surface area contributed by atoms with Gasteiger partial charge < -0.3 is 10.2 Å². The number of nitrogens with one attached hydrogen (secondary N) is 1. The minimum Gasteiger partial charge on any atom is -0.352 e. The van der Waals surface area contributed by atoms with Gasteiger partial charge in [-0.05, 0) is 48.8 Å². The van der Waals surface area contributed by atoms with Crippen LogP contribution in [-0.2, 0) is 19.3 Å². The molecule has 28 heavy (non-hydrogen) atoms. The van der Waals surface area contributed by atoms with E-state index in [1.807, 2.05) is 29.2 Å². The highest BCUT2D eigenvalue weighted by molar-refractivity contribution is 7.16. The molecule has 5 rings (SSSR count). The molecule has 3 aromatic rings. The molecule has 0 bridgehead atoms. The van der Waals surface area contributed by atoms with Gasteiger partial charge in [-0.3, -0.25) is 4.79 Å². The van der Waals surface area contributed by atoms with Crippen molar-refractivity contribution in [2.75, 3.05) is 11.9 Å². The Balaban J connectivity index is 1.51.